The Morgan fingerprint density at radius 2 is 0.813 bits per heavy atom. The molecule has 0 aromatic carbocycles. The van der Waals surface area contributed by atoms with Crippen LogP contribution in [0.4, 0.5) is 0 Å². The molecule has 10 heteroatoms. The Kier molecular flexibility index (Phi) is 52.9. The second kappa shape index (κ2) is 54.8. The number of nitrogens with one attached hydrogen (secondary N) is 1. The number of quaternary nitrogens is 1. The van der Waals surface area contributed by atoms with Crippen LogP contribution in [0.1, 0.15) is 278 Å². The van der Waals surface area contributed by atoms with Crippen molar-refractivity contribution in [3.8, 4) is 0 Å². The fourth-order valence-electron chi connectivity index (χ4n) is 8.74. The van der Waals surface area contributed by atoms with Crippen LogP contribution in [-0.2, 0) is 27.9 Å². The van der Waals surface area contributed by atoms with Gasteiger partial charge in [-0.15, -0.1) is 0 Å². The summed E-state index contributed by atoms with van der Waals surface area (Å²) in [6, 6.07) is -0.906. The highest BCUT2D eigenvalue weighted by Gasteiger charge is 2.27. The topological polar surface area (TPSA) is 114 Å². The quantitative estimate of drug-likeness (QED) is 0.0212. The minimum atomic E-state index is -4.71. The molecule has 3 atom stereocenters. The number of esters is 1. The molecule has 1 N–H and O–H groups in total. The van der Waals surface area contributed by atoms with Crippen molar-refractivity contribution < 1.29 is 37.3 Å². The number of unbranched alkanes of at least 4 members (excludes halogenated alkanes) is 30. The van der Waals surface area contributed by atoms with Crippen LogP contribution in [0.15, 0.2) is 72.9 Å². The average molecular weight is 1070 g/mol. The molecule has 9 nitrogen and oxygen atoms in total. The van der Waals surface area contributed by atoms with E-state index in [1.165, 1.54) is 148 Å². The maximum absolute atomic E-state index is 13.5. The summed E-state index contributed by atoms with van der Waals surface area (Å²) in [5, 5.41) is 3.02. The fourth-order valence-corrected chi connectivity index (χ4v) is 9.46. The molecule has 0 radical (unpaired) electrons. The van der Waals surface area contributed by atoms with Crippen molar-refractivity contribution in [3.05, 3.63) is 72.9 Å². The molecule has 0 aromatic rings. The van der Waals surface area contributed by atoms with Crippen LogP contribution in [0, 0.1) is 0 Å². The molecule has 0 bridgehead atoms. The lowest BCUT2D eigenvalue weighted by molar-refractivity contribution is -0.870. The van der Waals surface area contributed by atoms with Crippen molar-refractivity contribution in [2.75, 3.05) is 40.9 Å². The Balaban J connectivity index is 5.36. The van der Waals surface area contributed by atoms with E-state index in [0.717, 1.165) is 89.9 Å². The molecule has 0 fully saturated rings. The molecule has 0 saturated heterocycles. The standard InChI is InChI=1S/C65H119N2O7P/c1-7-10-13-16-19-22-25-28-30-32-33-35-37-40-43-46-49-52-55-58-65(69)74-63(56-53-50-47-44-41-38-27-24-21-18-15-12-9-3)62(61-73-75(70,71)72-60-59-67(4,5)6)66-64(68)57-54-51-48-45-42-39-36-34-31-29-26-23-20-17-14-11-8-2/h19,22,28-31,33,35,40,43,53,56,62-63H,7-18,20-21,23-27,32,34,36-39,41-42,44-52,54-55,57-61H2,1-6H3,(H-,66,68,70,71)/b22-19-,30-28-,31-29+,35-33-,43-40-,56-53+. The Morgan fingerprint density at radius 1 is 0.467 bits per heavy atom. The minimum absolute atomic E-state index is 0.0304. The van der Waals surface area contributed by atoms with Gasteiger partial charge in [-0.3, -0.25) is 14.2 Å². The highest BCUT2D eigenvalue weighted by Crippen LogP contribution is 2.38. The van der Waals surface area contributed by atoms with E-state index in [2.05, 4.69) is 86.8 Å². The van der Waals surface area contributed by atoms with Gasteiger partial charge in [0.05, 0.1) is 33.8 Å². The molecule has 0 rings (SSSR count). The average Bonchev–Trinajstić information content (AvgIpc) is 3.37. The summed E-state index contributed by atoms with van der Waals surface area (Å²) in [4.78, 5) is 40.0. The van der Waals surface area contributed by atoms with Crippen molar-refractivity contribution in [3.63, 3.8) is 0 Å². The SMILES string of the molecule is CCCCC/C=C\C/C=C\C/C=C\C/C=C\CCCCCC(=O)OC(/C=C/CCCCCCCCCCCCC)C(COP(=O)([O-])OCC[N+](C)(C)C)NC(=O)CCCCCCCCC/C=C/CCCCCCCC. The first-order valence-electron chi connectivity index (χ1n) is 31.2. The lowest BCUT2D eigenvalue weighted by Gasteiger charge is -2.30. The maximum Gasteiger partial charge on any atom is 0.306 e. The van der Waals surface area contributed by atoms with Crippen LogP contribution in [0.5, 0.6) is 0 Å². The summed E-state index contributed by atoms with van der Waals surface area (Å²) >= 11 is 0. The first-order valence-corrected chi connectivity index (χ1v) is 32.7. The van der Waals surface area contributed by atoms with Gasteiger partial charge in [-0.25, -0.2) is 0 Å². The summed E-state index contributed by atoms with van der Waals surface area (Å²) in [7, 11) is 1.16. The Labute approximate surface area is 463 Å². The number of rotatable bonds is 56. The monoisotopic (exact) mass is 1070 g/mol. The molecule has 0 saturated carbocycles. The van der Waals surface area contributed by atoms with E-state index in [4.69, 9.17) is 13.8 Å². The molecule has 0 spiro atoms. The summed E-state index contributed by atoms with van der Waals surface area (Å²) in [6.45, 7) is 6.80. The van der Waals surface area contributed by atoms with Crippen LogP contribution in [-0.4, -0.2) is 69.4 Å². The Bertz CT molecular complexity index is 1510. The minimum Gasteiger partial charge on any atom is -0.756 e. The number of carbonyl (C=O) groups excluding carboxylic acids is 2. The van der Waals surface area contributed by atoms with E-state index in [0.29, 0.717) is 23.9 Å². The molecule has 0 aliphatic heterocycles. The molecular formula is C65H119N2O7P. The first kappa shape index (κ1) is 72.5. The number of ether oxygens (including phenoxy) is 1. The van der Waals surface area contributed by atoms with E-state index < -0.39 is 26.6 Å². The van der Waals surface area contributed by atoms with Crippen molar-refractivity contribution in [2.45, 2.75) is 290 Å². The van der Waals surface area contributed by atoms with Crippen LogP contribution in [0.3, 0.4) is 0 Å². The van der Waals surface area contributed by atoms with Crippen LogP contribution in [0.25, 0.3) is 0 Å². The van der Waals surface area contributed by atoms with E-state index in [9.17, 15) is 19.0 Å². The molecular weight excluding hydrogens is 952 g/mol. The Hall–Kier alpha value is -2.55. The van der Waals surface area contributed by atoms with Crippen molar-refractivity contribution in [1.29, 1.82) is 0 Å². The summed E-state index contributed by atoms with van der Waals surface area (Å²) in [6.07, 6.45) is 70.0. The highest BCUT2D eigenvalue weighted by atomic mass is 31.2. The largest absolute Gasteiger partial charge is 0.756 e. The molecule has 3 unspecified atom stereocenters. The number of nitrogens with zero attached hydrogens (tertiary/aromatic N) is 1. The third kappa shape index (κ3) is 56.0. The van der Waals surface area contributed by atoms with Gasteiger partial charge in [0.2, 0.25) is 5.91 Å². The second-order valence-corrected chi connectivity index (χ2v) is 23.6. The van der Waals surface area contributed by atoms with Crippen molar-refractivity contribution in [1.82, 2.24) is 5.32 Å². The Morgan fingerprint density at radius 3 is 1.27 bits per heavy atom. The van der Waals surface area contributed by atoms with Gasteiger partial charge < -0.3 is 28.5 Å². The van der Waals surface area contributed by atoms with Gasteiger partial charge in [0, 0.05) is 12.8 Å². The summed E-state index contributed by atoms with van der Waals surface area (Å²) < 4.78 is 30.3. The number of likely N-dealkylation sites (N-methyl/N-ethyl adjacent to an activating group) is 1. The molecule has 75 heavy (non-hydrogen) atoms. The number of phosphoric acid groups is 1. The smallest absolute Gasteiger partial charge is 0.306 e. The molecule has 436 valence electrons. The van der Waals surface area contributed by atoms with Gasteiger partial charge in [-0.1, -0.05) is 235 Å². The van der Waals surface area contributed by atoms with Gasteiger partial charge in [0.25, 0.3) is 7.82 Å². The summed E-state index contributed by atoms with van der Waals surface area (Å²) in [5.41, 5.74) is 0. The van der Waals surface area contributed by atoms with Crippen LogP contribution in [0.2, 0.25) is 0 Å². The van der Waals surface area contributed by atoms with Crippen LogP contribution < -0.4 is 10.2 Å². The normalized spacial score (nSPS) is 14.2. The second-order valence-electron chi connectivity index (χ2n) is 22.2. The number of hydrogen-bond acceptors (Lipinski definition) is 7. The zero-order valence-corrected chi connectivity index (χ0v) is 50.6. The van der Waals surface area contributed by atoms with Gasteiger partial charge in [0.1, 0.15) is 19.3 Å². The lowest BCUT2D eigenvalue weighted by Crippen LogP contribution is -2.47. The molecule has 0 aliphatic carbocycles. The zero-order chi connectivity index (χ0) is 55.0. The zero-order valence-electron chi connectivity index (χ0n) is 49.7. The predicted molar refractivity (Wildman–Crippen MR) is 321 cm³/mol. The van der Waals surface area contributed by atoms with E-state index in [-0.39, 0.29) is 24.9 Å². The van der Waals surface area contributed by atoms with Crippen molar-refractivity contribution in [2.24, 2.45) is 0 Å². The number of amides is 1. The van der Waals surface area contributed by atoms with Gasteiger partial charge in [-0.05, 0) is 102 Å². The van der Waals surface area contributed by atoms with Gasteiger partial charge in [-0.2, -0.15) is 0 Å². The molecule has 0 heterocycles. The van der Waals surface area contributed by atoms with E-state index >= 15 is 0 Å². The number of carbonyl (C=O) groups is 2. The molecule has 0 aromatic heterocycles. The third-order valence-corrected chi connectivity index (χ3v) is 14.6. The van der Waals surface area contributed by atoms with Crippen molar-refractivity contribution >= 4 is 19.7 Å². The molecule has 0 aliphatic rings. The number of hydrogen-bond donors (Lipinski definition) is 1. The highest BCUT2D eigenvalue weighted by molar-refractivity contribution is 7.45. The summed E-state index contributed by atoms with van der Waals surface area (Å²) in [5.74, 6) is -0.579. The third-order valence-electron chi connectivity index (χ3n) is 13.6. The van der Waals surface area contributed by atoms with Crippen LogP contribution >= 0.6 is 7.82 Å². The maximum atomic E-state index is 13.5. The molecule has 1 amide bonds. The first-order chi connectivity index (χ1) is 36.4. The lowest BCUT2D eigenvalue weighted by atomic mass is 10.0. The van der Waals surface area contributed by atoms with E-state index in [1.54, 1.807) is 0 Å². The van der Waals surface area contributed by atoms with Gasteiger partial charge in [0.15, 0.2) is 0 Å². The van der Waals surface area contributed by atoms with E-state index in [1.807, 2.05) is 33.3 Å². The van der Waals surface area contributed by atoms with Gasteiger partial charge >= 0.3 is 5.97 Å². The number of phosphoric ester groups is 1. The number of allylic oxidation sites excluding steroid dienone is 11. The fraction of sp³-hybridized carbons (Fsp3) is 0.785. The predicted octanol–water partition coefficient (Wildman–Crippen LogP) is 18.6.